The first-order valence-corrected chi connectivity index (χ1v) is 7.79. The highest BCUT2D eigenvalue weighted by atomic mass is 79.9. The molecule has 0 bridgehead atoms. The minimum absolute atomic E-state index is 0.147. The van der Waals surface area contributed by atoms with Crippen molar-refractivity contribution >= 4 is 31.6 Å². The van der Waals surface area contributed by atoms with Crippen molar-refractivity contribution in [1.29, 1.82) is 0 Å². The fraction of sp³-hybridized carbons (Fsp3) is 0.455. The topological polar surface area (TPSA) is 83.6 Å². The summed E-state index contributed by atoms with van der Waals surface area (Å²) in [4.78, 5) is 0.198. The molecular weight excluding hydrogens is 320 g/mol. The molecule has 0 aliphatic carbocycles. The molecule has 0 spiro atoms. The highest BCUT2D eigenvalue weighted by molar-refractivity contribution is 9.10. The minimum Gasteiger partial charge on any atom is -0.398 e. The van der Waals surface area contributed by atoms with Gasteiger partial charge in [0.2, 0.25) is 10.0 Å². The van der Waals surface area contributed by atoms with Crippen LogP contribution in [-0.4, -0.2) is 37.0 Å². The lowest BCUT2D eigenvalue weighted by Gasteiger charge is -2.18. The van der Waals surface area contributed by atoms with E-state index in [4.69, 9.17) is 5.73 Å². The van der Waals surface area contributed by atoms with Gasteiger partial charge in [0.25, 0.3) is 0 Å². The number of aliphatic hydroxyl groups is 1. The van der Waals surface area contributed by atoms with Crippen LogP contribution in [0.4, 0.5) is 5.69 Å². The molecule has 1 aliphatic rings. The van der Waals surface area contributed by atoms with E-state index in [0.29, 0.717) is 28.7 Å². The molecule has 18 heavy (non-hydrogen) atoms. The molecule has 100 valence electrons. The Kier molecular flexibility index (Phi) is 3.68. The quantitative estimate of drug-likeness (QED) is 0.793. The summed E-state index contributed by atoms with van der Waals surface area (Å²) in [5, 5.41) is 9.45. The SMILES string of the molecule is Cc1c(N)cc(Br)cc1S(=O)(=O)N1CC[C@H](O)C1. The zero-order valence-electron chi connectivity index (χ0n) is 9.93. The first kappa shape index (κ1) is 13.8. The second kappa shape index (κ2) is 4.80. The van der Waals surface area contributed by atoms with Crippen LogP contribution in [0.3, 0.4) is 0 Å². The Labute approximate surface area is 115 Å². The third-order valence-electron chi connectivity index (χ3n) is 3.11. The van der Waals surface area contributed by atoms with Gasteiger partial charge in [-0.2, -0.15) is 4.31 Å². The highest BCUT2D eigenvalue weighted by Gasteiger charge is 2.33. The van der Waals surface area contributed by atoms with Gasteiger partial charge in [-0.25, -0.2) is 8.42 Å². The fourth-order valence-electron chi connectivity index (χ4n) is 2.01. The highest BCUT2D eigenvalue weighted by Crippen LogP contribution is 2.30. The van der Waals surface area contributed by atoms with E-state index in [0.717, 1.165) is 0 Å². The predicted molar refractivity (Wildman–Crippen MR) is 72.7 cm³/mol. The summed E-state index contributed by atoms with van der Waals surface area (Å²) < 4.78 is 26.8. The van der Waals surface area contributed by atoms with Crippen molar-refractivity contribution in [2.24, 2.45) is 0 Å². The van der Waals surface area contributed by atoms with Crippen LogP contribution in [0.25, 0.3) is 0 Å². The normalized spacial score (nSPS) is 21.4. The van der Waals surface area contributed by atoms with E-state index in [-0.39, 0.29) is 11.4 Å². The predicted octanol–water partition coefficient (Wildman–Crippen LogP) is 1.10. The number of sulfonamides is 1. The molecule has 0 saturated carbocycles. The van der Waals surface area contributed by atoms with Crippen LogP contribution < -0.4 is 5.73 Å². The van der Waals surface area contributed by atoms with E-state index < -0.39 is 16.1 Å². The van der Waals surface area contributed by atoms with Crippen LogP contribution in [0.1, 0.15) is 12.0 Å². The Morgan fingerprint density at radius 1 is 1.50 bits per heavy atom. The number of nitrogens with two attached hydrogens (primary N) is 1. The summed E-state index contributed by atoms with van der Waals surface area (Å²) in [5.74, 6) is 0. The summed E-state index contributed by atoms with van der Waals surface area (Å²) in [6, 6.07) is 3.22. The Bertz CT molecular complexity index is 574. The van der Waals surface area contributed by atoms with Gasteiger partial charge in [-0.05, 0) is 31.0 Å². The molecule has 1 atom stereocenters. The number of benzene rings is 1. The van der Waals surface area contributed by atoms with E-state index in [2.05, 4.69) is 15.9 Å². The summed E-state index contributed by atoms with van der Waals surface area (Å²) in [5.41, 5.74) is 6.76. The van der Waals surface area contributed by atoms with Crippen LogP contribution in [0.15, 0.2) is 21.5 Å². The van der Waals surface area contributed by atoms with Crippen molar-refractivity contribution in [3.8, 4) is 0 Å². The van der Waals surface area contributed by atoms with Crippen molar-refractivity contribution < 1.29 is 13.5 Å². The van der Waals surface area contributed by atoms with Crippen LogP contribution in [-0.2, 0) is 10.0 Å². The second-order valence-corrected chi connectivity index (χ2v) is 7.25. The Morgan fingerprint density at radius 3 is 2.72 bits per heavy atom. The Balaban J connectivity index is 2.48. The molecule has 0 amide bonds. The minimum atomic E-state index is -3.58. The molecule has 0 aromatic heterocycles. The second-order valence-electron chi connectivity index (χ2n) is 4.42. The summed E-state index contributed by atoms with van der Waals surface area (Å²) in [7, 11) is -3.58. The van der Waals surface area contributed by atoms with Crippen molar-refractivity contribution in [3.05, 3.63) is 22.2 Å². The molecule has 1 aliphatic heterocycles. The summed E-state index contributed by atoms with van der Waals surface area (Å²) in [6.45, 7) is 2.17. The molecule has 1 aromatic rings. The number of hydrogen-bond acceptors (Lipinski definition) is 4. The van der Waals surface area contributed by atoms with Gasteiger partial charge in [0.1, 0.15) is 0 Å². The largest absolute Gasteiger partial charge is 0.398 e. The van der Waals surface area contributed by atoms with Crippen molar-refractivity contribution in [1.82, 2.24) is 4.31 Å². The molecule has 7 heteroatoms. The van der Waals surface area contributed by atoms with E-state index in [1.807, 2.05) is 0 Å². The maximum Gasteiger partial charge on any atom is 0.243 e. The fourth-order valence-corrected chi connectivity index (χ4v) is 4.41. The monoisotopic (exact) mass is 334 g/mol. The molecule has 1 fully saturated rings. The van der Waals surface area contributed by atoms with Gasteiger partial charge in [-0.15, -0.1) is 0 Å². The molecule has 5 nitrogen and oxygen atoms in total. The summed E-state index contributed by atoms with van der Waals surface area (Å²) in [6.07, 6.45) is -0.105. The van der Waals surface area contributed by atoms with Crippen molar-refractivity contribution in [2.45, 2.75) is 24.3 Å². The number of β-amino-alcohol motifs (C(OH)–C–C–N with tert-alkyl or cyclic N) is 1. The number of anilines is 1. The lowest BCUT2D eigenvalue weighted by Crippen LogP contribution is -2.30. The molecule has 1 saturated heterocycles. The van der Waals surface area contributed by atoms with Gasteiger partial charge in [0.05, 0.1) is 11.0 Å². The Morgan fingerprint density at radius 2 is 2.17 bits per heavy atom. The van der Waals surface area contributed by atoms with Crippen LogP contribution in [0, 0.1) is 6.92 Å². The van der Waals surface area contributed by atoms with Gasteiger partial charge in [-0.1, -0.05) is 15.9 Å². The Hall–Kier alpha value is -0.630. The van der Waals surface area contributed by atoms with Crippen LogP contribution in [0.2, 0.25) is 0 Å². The van der Waals surface area contributed by atoms with Crippen molar-refractivity contribution in [3.63, 3.8) is 0 Å². The maximum atomic E-state index is 12.4. The molecule has 1 heterocycles. The van der Waals surface area contributed by atoms with Crippen LogP contribution >= 0.6 is 15.9 Å². The van der Waals surface area contributed by atoms with Crippen LogP contribution in [0.5, 0.6) is 0 Å². The zero-order valence-corrected chi connectivity index (χ0v) is 12.3. The number of halogens is 1. The molecule has 0 unspecified atom stereocenters. The molecular formula is C11H15BrN2O3S. The number of rotatable bonds is 2. The first-order valence-electron chi connectivity index (χ1n) is 5.56. The van der Waals surface area contributed by atoms with Crippen molar-refractivity contribution in [2.75, 3.05) is 18.8 Å². The van der Waals surface area contributed by atoms with E-state index >= 15 is 0 Å². The summed E-state index contributed by atoms with van der Waals surface area (Å²) >= 11 is 3.25. The third-order valence-corrected chi connectivity index (χ3v) is 5.56. The third kappa shape index (κ3) is 2.40. The van der Waals surface area contributed by atoms with Gasteiger partial charge in [0.15, 0.2) is 0 Å². The number of aliphatic hydroxyl groups excluding tert-OH is 1. The first-order chi connectivity index (χ1) is 8.32. The zero-order chi connectivity index (χ0) is 13.5. The average molecular weight is 335 g/mol. The molecule has 2 rings (SSSR count). The lowest BCUT2D eigenvalue weighted by molar-refractivity contribution is 0.189. The lowest BCUT2D eigenvalue weighted by atomic mass is 10.2. The standard InChI is InChI=1S/C11H15BrN2O3S/c1-7-10(13)4-8(12)5-11(7)18(16,17)14-3-2-9(15)6-14/h4-5,9,15H,2-3,6,13H2,1H3/t9-/m0/s1. The van der Waals surface area contributed by atoms with E-state index in [1.54, 1.807) is 19.1 Å². The van der Waals surface area contributed by atoms with E-state index in [9.17, 15) is 13.5 Å². The molecule has 0 radical (unpaired) electrons. The number of hydrogen-bond donors (Lipinski definition) is 2. The number of nitrogens with zero attached hydrogens (tertiary/aromatic N) is 1. The number of nitrogen functional groups attached to an aromatic ring is 1. The van der Waals surface area contributed by atoms with Gasteiger partial charge >= 0.3 is 0 Å². The average Bonchev–Trinajstić information content (AvgIpc) is 2.70. The van der Waals surface area contributed by atoms with Gasteiger partial charge in [0, 0.05) is 23.2 Å². The molecule has 1 aromatic carbocycles. The van der Waals surface area contributed by atoms with E-state index in [1.165, 1.54) is 4.31 Å². The van der Waals surface area contributed by atoms with Gasteiger partial charge in [-0.3, -0.25) is 0 Å². The maximum absolute atomic E-state index is 12.4. The molecule has 3 N–H and O–H groups in total. The smallest absolute Gasteiger partial charge is 0.243 e. The van der Waals surface area contributed by atoms with Gasteiger partial charge < -0.3 is 10.8 Å².